The number of nitriles is 2. The maximum atomic E-state index is 10.2. The third-order valence-electron chi connectivity index (χ3n) is 24.4. The van der Waals surface area contributed by atoms with Gasteiger partial charge in [-0.3, -0.25) is 9.80 Å². The summed E-state index contributed by atoms with van der Waals surface area (Å²) in [5.41, 5.74) is 2.73. The van der Waals surface area contributed by atoms with Crippen molar-refractivity contribution in [2.75, 3.05) is 0 Å². The molecule has 0 aromatic rings. The molecule has 14 fully saturated rings. The Hall–Kier alpha value is -1.10. The van der Waals surface area contributed by atoms with Crippen LogP contribution in [0.3, 0.4) is 0 Å². The van der Waals surface area contributed by atoms with Crippen LogP contribution in [0.15, 0.2) is 0 Å². The summed E-state index contributed by atoms with van der Waals surface area (Å²) < 4.78 is 0. The monoisotopic (exact) mass is 871 g/mol. The van der Waals surface area contributed by atoms with E-state index < -0.39 is 0 Å². The molecule has 4 nitrogen and oxygen atoms in total. The molecule has 4 heteroatoms. The molecule has 4 unspecified atom stereocenters. The predicted molar refractivity (Wildman–Crippen MR) is 260 cm³/mol. The number of nitrogens with zero attached hydrogens (tertiary/aromatic N) is 4. The van der Waals surface area contributed by atoms with E-state index in [0.717, 1.165) is 85.1 Å². The Morgan fingerprint density at radius 3 is 0.875 bits per heavy atom. The van der Waals surface area contributed by atoms with Gasteiger partial charge >= 0.3 is 0 Å². The third-order valence-corrected chi connectivity index (χ3v) is 24.4. The Balaban J connectivity index is 0.695. The van der Waals surface area contributed by atoms with Gasteiger partial charge in [0.1, 0.15) is 0 Å². The van der Waals surface area contributed by atoms with Crippen LogP contribution in [0.1, 0.15) is 257 Å². The van der Waals surface area contributed by atoms with E-state index in [-0.39, 0.29) is 11.8 Å². The lowest BCUT2D eigenvalue weighted by Crippen LogP contribution is -2.71. The van der Waals surface area contributed by atoms with Gasteiger partial charge in [0.2, 0.25) is 0 Å². The van der Waals surface area contributed by atoms with E-state index in [1.807, 2.05) is 0 Å². The molecule has 0 saturated heterocycles. The molecule has 14 rings (SSSR count). The van der Waals surface area contributed by atoms with Gasteiger partial charge in [-0.1, -0.05) is 77.0 Å². The van der Waals surface area contributed by atoms with E-state index >= 15 is 0 Å². The van der Waals surface area contributed by atoms with Crippen molar-refractivity contribution in [1.82, 2.24) is 9.80 Å². The first-order valence-corrected chi connectivity index (χ1v) is 29.7. The van der Waals surface area contributed by atoms with Crippen LogP contribution in [0, 0.1) is 91.7 Å². The van der Waals surface area contributed by atoms with Crippen LogP contribution in [0.2, 0.25) is 0 Å². The van der Waals surface area contributed by atoms with Crippen LogP contribution in [-0.2, 0) is 0 Å². The van der Waals surface area contributed by atoms with Crippen LogP contribution >= 0.6 is 0 Å². The van der Waals surface area contributed by atoms with E-state index in [2.05, 4.69) is 21.9 Å². The van der Waals surface area contributed by atoms with Gasteiger partial charge in [0.05, 0.1) is 12.1 Å². The lowest BCUT2D eigenvalue weighted by molar-refractivity contribution is -0.304. The molecule has 0 aliphatic heterocycles. The topological polar surface area (TPSA) is 54.1 Å². The van der Waals surface area contributed by atoms with Gasteiger partial charge in [0.15, 0.2) is 0 Å². The highest BCUT2D eigenvalue weighted by Gasteiger charge is 2.76. The summed E-state index contributed by atoms with van der Waals surface area (Å²) in [7, 11) is 0. The Bertz CT molecular complexity index is 1480. The van der Waals surface area contributed by atoms with Crippen molar-refractivity contribution in [2.24, 2.45) is 69.0 Å². The maximum absolute atomic E-state index is 10.2. The molecule has 4 atom stereocenters. The fourth-order valence-electron chi connectivity index (χ4n) is 21.6. The minimum Gasteiger partial charge on any atom is -0.294 e. The summed E-state index contributed by atoms with van der Waals surface area (Å²) in [4.78, 5) is 6.42. The van der Waals surface area contributed by atoms with Crippen LogP contribution in [0.4, 0.5) is 0 Å². The Labute approximate surface area is 393 Å². The summed E-state index contributed by atoms with van der Waals surface area (Å²) in [6.07, 6.45) is 58.9. The van der Waals surface area contributed by atoms with Crippen molar-refractivity contribution >= 4 is 0 Å². The molecule has 0 heterocycles. The van der Waals surface area contributed by atoms with Gasteiger partial charge in [-0.2, -0.15) is 10.5 Å². The van der Waals surface area contributed by atoms with Gasteiger partial charge < -0.3 is 0 Å². The zero-order chi connectivity index (χ0) is 42.9. The Morgan fingerprint density at radius 2 is 0.562 bits per heavy atom. The SMILES string of the molecule is N#CC1CC(C#N)CC(C2CC(C34CC(C5CCC(N(C6CCCCC6)C6CCCCC6)CC5)(C3)C4)CC(C34CC(C5CCC(N(C6CCCCC6)C6CCCCC6)CC5)(C3)C4)C2)C1. The standard InChI is InChI=1S/C60H94N4/c61-35-43-29-44(36-62)31-45(30-43)46-32-49(59-37-57(38-59,39-59)47-21-25-55(26-22-47)63(51-13-5-1-6-14-51)52-15-7-2-8-16-52)34-50(33-46)60-40-58(41-60,42-60)48-23-27-56(28-24-48)64(53-17-9-3-10-18-53)54-19-11-4-12-20-54/h43-56H,1-34,37-42H2. The summed E-state index contributed by atoms with van der Waals surface area (Å²) in [5, 5.41) is 20.4. The van der Waals surface area contributed by atoms with E-state index in [1.165, 1.54) is 193 Å². The fourth-order valence-corrected chi connectivity index (χ4v) is 21.6. The molecule has 0 aromatic heterocycles. The van der Waals surface area contributed by atoms with E-state index in [0.29, 0.717) is 27.6 Å². The van der Waals surface area contributed by atoms with Crippen molar-refractivity contribution in [3.8, 4) is 12.1 Å². The minimum absolute atomic E-state index is 0.114. The molecular formula is C60H94N4. The average molecular weight is 871 g/mol. The molecule has 0 radical (unpaired) electrons. The Kier molecular flexibility index (Phi) is 12.4. The molecule has 14 aliphatic rings. The molecule has 4 bridgehead atoms. The lowest BCUT2D eigenvalue weighted by atomic mass is 9.25. The quantitative estimate of drug-likeness (QED) is 0.208. The largest absolute Gasteiger partial charge is 0.294 e. The second kappa shape index (κ2) is 18.0. The van der Waals surface area contributed by atoms with Crippen LogP contribution < -0.4 is 0 Å². The first-order chi connectivity index (χ1) is 31.4. The summed E-state index contributed by atoms with van der Waals surface area (Å²) in [6, 6.07) is 10.8. The molecular weight excluding hydrogens is 777 g/mol. The molecule has 0 aromatic carbocycles. The fraction of sp³-hybridized carbons (Fsp3) is 0.967. The summed E-state index contributed by atoms with van der Waals surface area (Å²) >= 11 is 0. The van der Waals surface area contributed by atoms with Crippen molar-refractivity contribution in [1.29, 1.82) is 10.5 Å². The zero-order valence-electron chi connectivity index (χ0n) is 41.2. The smallest absolute Gasteiger partial charge is 0.0656 e. The second-order valence-electron chi connectivity index (χ2n) is 27.6. The van der Waals surface area contributed by atoms with E-state index in [4.69, 9.17) is 0 Å². The first kappa shape index (κ1) is 44.1. The molecule has 0 spiro atoms. The lowest BCUT2D eigenvalue weighted by Gasteiger charge is -2.80. The van der Waals surface area contributed by atoms with Crippen LogP contribution in [0.25, 0.3) is 0 Å². The highest BCUT2D eigenvalue weighted by Crippen LogP contribution is 2.85. The average Bonchev–Trinajstić information content (AvgIpc) is 3.30. The van der Waals surface area contributed by atoms with Gasteiger partial charge in [-0.05, 0) is 237 Å². The molecule has 354 valence electrons. The van der Waals surface area contributed by atoms with Crippen LogP contribution in [-0.4, -0.2) is 46.1 Å². The number of hydrogen-bond acceptors (Lipinski definition) is 4. The molecule has 64 heavy (non-hydrogen) atoms. The molecule has 0 amide bonds. The zero-order valence-corrected chi connectivity index (χ0v) is 41.2. The molecule has 14 aliphatic carbocycles. The summed E-state index contributed by atoms with van der Waals surface area (Å²) in [5.74, 6) is 5.49. The van der Waals surface area contributed by atoms with Gasteiger partial charge in [-0.15, -0.1) is 0 Å². The van der Waals surface area contributed by atoms with Crippen molar-refractivity contribution in [3.63, 3.8) is 0 Å². The van der Waals surface area contributed by atoms with Crippen molar-refractivity contribution in [3.05, 3.63) is 0 Å². The van der Waals surface area contributed by atoms with Crippen molar-refractivity contribution in [2.45, 2.75) is 293 Å². The molecule has 0 N–H and O–H groups in total. The highest BCUT2D eigenvalue weighted by molar-refractivity contribution is 5.25. The van der Waals surface area contributed by atoms with Crippen molar-refractivity contribution < 1.29 is 0 Å². The maximum Gasteiger partial charge on any atom is 0.0656 e. The Morgan fingerprint density at radius 1 is 0.281 bits per heavy atom. The minimum atomic E-state index is 0.114. The summed E-state index contributed by atoms with van der Waals surface area (Å²) in [6.45, 7) is 0. The van der Waals surface area contributed by atoms with Gasteiger partial charge in [-0.25, -0.2) is 0 Å². The van der Waals surface area contributed by atoms with Gasteiger partial charge in [0.25, 0.3) is 0 Å². The van der Waals surface area contributed by atoms with Gasteiger partial charge in [0, 0.05) is 48.1 Å². The highest BCUT2D eigenvalue weighted by atomic mass is 15.2. The number of hydrogen-bond donors (Lipinski definition) is 0. The van der Waals surface area contributed by atoms with Crippen LogP contribution in [0.5, 0.6) is 0 Å². The predicted octanol–water partition coefficient (Wildman–Crippen LogP) is 15.5. The molecule has 14 saturated carbocycles. The second-order valence-corrected chi connectivity index (χ2v) is 27.6. The number of rotatable bonds is 11. The van der Waals surface area contributed by atoms with E-state index in [1.54, 1.807) is 44.9 Å². The third kappa shape index (κ3) is 7.84. The normalized spacial score (nSPS) is 48.2. The van der Waals surface area contributed by atoms with E-state index in [9.17, 15) is 10.5 Å². The first-order valence-electron chi connectivity index (χ1n) is 29.7.